The van der Waals surface area contributed by atoms with Gasteiger partial charge in [-0.2, -0.15) is 0 Å². The van der Waals surface area contributed by atoms with Crippen molar-refractivity contribution in [3.05, 3.63) is 50.9 Å². The maximum Gasteiger partial charge on any atom is 0.262 e. The number of ether oxygens (including phenoxy) is 2. The number of carbonyl (C=O) groups is 2. The molecule has 2 amide bonds. The van der Waals surface area contributed by atoms with Gasteiger partial charge in [0.05, 0.1) is 24.9 Å². The van der Waals surface area contributed by atoms with Crippen LogP contribution in [0.4, 0.5) is 5.69 Å². The van der Waals surface area contributed by atoms with Crippen LogP contribution in [-0.2, 0) is 11.3 Å². The molecule has 0 atom stereocenters. The van der Waals surface area contributed by atoms with Crippen molar-refractivity contribution < 1.29 is 19.1 Å². The van der Waals surface area contributed by atoms with E-state index in [0.717, 1.165) is 0 Å². The number of nitrogens with one attached hydrogen (secondary N) is 3. The van der Waals surface area contributed by atoms with E-state index in [1.807, 2.05) is 0 Å². The van der Waals surface area contributed by atoms with Gasteiger partial charge in [-0.3, -0.25) is 14.4 Å². The Morgan fingerprint density at radius 3 is 2.81 bits per heavy atom. The van der Waals surface area contributed by atoms with Crippen LogP contribution in [0.1, 0.15) is 27.2 Å². The van der Waals surface area contributed by atoms with E-state index in [4.69, 9.17) is 9.47 Å². The van der Waals surface area contributed by atoms with Crippen LogP contribution in [0, 0.1) is 13.8 Å². The first-order chi connectivity index (χ1) is 12.4. The number of anilines is 1. The minimum atomic E-state index is -0.424. The Kier molecular flexibility index (Phi) is 4.66. The number of carbonyl (C=O) groups excluding carboxylic acids is 2. The maximum absolute atomic E-state index is 12.7. The Hall–Kier alpha value is -3.29. The summed E-state index contributed by atoms with van der Waals surface area (Å²) in [4.78, 5) is 39.3. The molecular weight excluding hydrogens is 338 g/mol. The number of rotatable bonds is 4. The SMILES string of the molecule is COc1cc2c(c(C(=O)NCc3[nH]cc(C)c(=O)c3C)c1)NC(=O)CO2. The Morgan fingerprint density at radius 1 is 1.31 bits per heavy atom. The number of aromatic amines is 1. The average molecular weight is 357 g/mol. The molecule has 0 fully saturated rings. The van der Waals surface area contributed by atoms with Crippen molar-refractivity contribution in [2.24, 2.45) is 0 Å². The molecule has 0 bridgehead atoms. The average Bonchev–Trinajstić information content (AvgIpc) is 2.64. The number of methoxy groups -OCH3 is 1. The third kappa shape index (κ3) is 3.26. The highest BCUT2D eigenvalue weighted by atomic mass is 16.5. The van der Waals surface area contributed by atoms with Crippen molar-refractivity contribution in [1.29, 1.82) is 0 Å². The fraction of sp³-hybridized carbons (Fsp3) is 0.278. The molecule has 8 heteroatoms. The first-order valence-electron chi connectivity index (χ1n) is 8.01. The van der Waals surface area contributed by atoms with Gasteiger partial charge in [0.1, 0.15) is 11.5 Å². The van der Waals surface area contributed by atoms with E-state index in [0.29, 0.717) is 34.0 Å². The second-order valence-corrected chi connectivity index (χ2v) is 5.97. The monoisotopic (exact) mass is 357 g/mol. The van der Waals surface area contributed by atoms with Crippen LogP contribution >= 0.6 is 0 Å². The van der Waals surface area contributed by atoms with Crippen molar-refractivity contribution in [3.8, 4) is 11.5 Å². The summed E-state index contributed by atoms with van der Waals surface area (Å²) in [6.45, 7) is 3.44. The summed E-state index contributed by atoms with van der Waals surface area (Å²) in [6.07, 6.45) is 1.61. The Balaban J connectivity index is 1.87. The van der Waals surface area contributed by atoms with Crippen molar-refractivity contribution in [2.75, 3.05) is 19.0 Å². The lowest BCUT2D eigenvalue weighted by molar-refractivity contribution is -0.118. The van der Waals surface area contributed by atoms with Gasteiger partial charge in [-0.1, -0.05) is 0 Å². The molecule has 8 nitrogen and oxygen atoms in total. The first kappa shape index (κ1) is 17.5. The number of hydrogen-bond acceptors (Lipinski definition) is 5. The number of amides is 2. The molecule has 0 unspecified atom stereocenters. The van der Waals surface area contributed by atoms with Crippen LogP contribution in [0.3, 0.4) is 0 Å². The predicted octanol–water partition coefficient (Wildman–Crippen LogP) is 1.26. The van der Waals surface area contributed by atoms with E-state index in [1.165, 1.54) is 13.2 Å². The zero-order chi connectivity index (χ0) is 18.8. The lowest BCUT2D eigenvalue weighted by Crippen LogP contribution is -2.30. The highest BCUT2D eigenvalue weighted by molar-refractivity contribution is 6.07. The van der Waals surface area contributed by atoms with Crippen molar-refractivity contribution in [2.45, 2.75) is 20.4 Å². The maximum atomic E-state index is 12.7. The molecule has 1 aliphatic rings. The van der Waals surface area contributed by atoms with Crippen LogP contribution in [0.25, 0.3) is 0 Å². The topological polar surface area (TPSA) is 110 Å². The Bertz CT molecular complexity index is 949. The molecule has 0 saturated carbocycles. The van der Waals surface area contributed by atoms with E-state index in [-0.39, 0.29) is 30.1 Å². The van der Waals surface area contributed by atoms with E-state index < -0.39 is 5.91 Å². The highest BCUT2D eigenvalue weighted by Gasteiger charge is 2.24. The van der Waals surface area contributed by atoms with E-state index >= 15 is 0 Å². The zero-order valence-corrected chi connectivity index (χ0v) is 14.7. The Labute approximate surface area is 149 Å². The minimum absolute atomic E-state index is 0.0626. The van der Waals surface area contributed by atoms with Crippen LogP contribution in [0.5, 0.6) is 11.5 Å². The molecule has 136 valence electrons. The minimum Gasteiger partial charge on any atom is -0.497 e. The van der Waals surface area contributed by atoms with E-state index in [9.17, 15) is 14.4 Å². The van der Waals surface area contributed by atoms with E-state index in [1.54, 1.807) is 26.1 Å². The van der Waals surface area contributed by atoms with Crippen LogP contribution in [-0.4, -0.2) is 30.5 Å². The molecule has 1 aromatic heterocycles. The number of aromatic nitrogens is 1. The molecule has 1 aromatic carbocycles. The third-order valence-electron chi connectivity index (χ3n) is 4.22. The lowest BCUT2D eigenvalue weighted by atomic mass is 10.1. The van der Waals surface area contributed by atoms with Gasteiger partial charge in [0.15, 0.2) is 12.0 Å². The molecule has 2 heterocycles. The van der Waals surface area contributed by atoms with Gasteiger partial charge >= 0.3 is 0 Å². The molecule has 0 spiro atoms. The molecule has 3 rings (SSSR count). The van der Waals surface area contributed by atoms with Crippen LogP contribution in [0.2, 0.25) is 0 Å². The van der Waals surface area contributed by atoms with Crippen molar-refractivity contribution in [1.82, 2.24) is 10.3 Å². The molecule has 0 aliphatic carbocycles. The quantitative estimate of drug-likeness (QED) is 0.763. The van der Waals surface area contributed by atoms with Crippen molar-refractivity contribution in [3.63, 3.8) is 0 Å². The third-order valence-corrected chi connectivity index (χ3v) is 4.22. The summed E-state index contributed by atoms with van der Waals surface area (Å²) in [5.74, 6) is 0.0428. The Morgan fingerprint density at radius 2 is 2.08 bits per heavy atom. The number of fused-ring (bicyclic) bond motifs is 1. The van der Waals surface area contributed by atoms with Crippen LogP contribution in [0.15, 0.2) is 23.1 Å². The number of hydrogen-bond donors (Lipinski definition) is 3. The summed E-state index contributed by atoms with van der Waals surface area (Å²) in [7, 11) is 1.48. The molecule has 1 aliphatic heterocycles. The predicted molar refractivity (Wildman–Crippen MR) is 94.8 cm³/mol. The van der Waals surface area contributed by atoms with Crippen LogP contribution < -0.4 is 25.5 Å². The molecule has 0 saturated heterocycles. The summed E-state index contributed by atoms with van der Waals surface area (Å²) in [5, 5.41) is 5.40. The summed E-state index contributed by atoms with van der Waals surface area (Å²) in [6, 6.07) is 3.13. The fourth-order valence-corrected chi connectivity index (χ4v) is 2.70. The smallest absolute Gasteiger partial charge is 0.262 e. The van der Waals surface area contributed by atoms with Gasteiger partial charge in [-0.05, 0) is 19.9 Å². The first-order valence-corrected chi connectivity index (χ1v) is 8.01. The number of aryl methyl sites for hydroxylation is 1. The highest BCUT2D eigenvalue weighted by Crippen LogP contribution is 2.35. The van der Waals surface area contributed by atoms with E-state index in [2.05, 4.69) is 15.6 Å². The van der Waals surface area contributed by atoms with Gasteiger partial charge in [-0.25, -0.2) is 0 Å². The molecule has 26 heavy (non-hydrogen) atoms. The second kappa shape index (κ2) is 6.91. The molecular formula is C18H19N3O5. The second-order valence-electron chi connectivity index (χ2n) is 5.97. The van der Waals surface area contributed by atoms with Gasteiger partial charge in [0, 0.05) is 29.1 Å². The zero-order valence-electron chi connectivity index (χ0n) is 14.7. The standard InChI is InChI=1S/C18H19N3O5/c1-9-6-19-13(10(2)17(9)23)7-20-18(24)12-4-11(25-3)5-14-16(12)21-15(22)8-26-14/h4-6H,7-8H2,1-3H3,(H,19,23)(H,20,24)(H,21,22). The number of pyridine rings is 1. The van der Waals surface area contributed by atoms with Gasteiger partial charge in [0.2, 0.25) is 0 Å². The van der Waals surface area contributed by atoms with Gasteiger partial charge in [0.25, 0.3) is 11.8 Å². The number of benzene rings is 1. The van der Waals surface area contributed by atoms with Crippen molar-refractivity contribution >= 4 is 17.5 Å². The summed E-state index contributed by atoms with van der Waals surface area (Å²) >= 11 is 0. The lowest BCUT2D eigenvalue weighted by Gasteiger charge is -2.21. The summed E-state index contributed by atoms with van der Waals surface area (Å²) < 4.78 is 10.5. The largest absolute Gasteiger partial charge is 0.497 e. The normalized spacial score (nSPS) is 12.7. The van der Waals surface area contributed by atoms with Gasteiger partial charge < -0.3 is 25.1 Å². The van der Waals surface area contributed by atoms with Gasteiger partial charge in [-0.15, -0.1) is 0 Å². The molecule has 2 aromatic rings. The number of H-pyrrole nitrogens is 1. The molecule has 3 N–H and O–H groups in total. The fourth-order valence-electron chi connectivity index (χ4n) is 2.70. The molecule has 0 radical (unpaired) electrons. The summed E-state index contributed by atoms with van der Waals surface area (Å²) in [5.41, 5.74) is 2.24.